The number of hydrogen-bond acceptors (Lipinski definition) is 4. The van der Waals surface area contributed by atoms with Crippen molar-refractivity contribution < 1.29 is 64.0 Å². The number of rotatable bonds is 4. The molecule has 0 aromatic carbocycles. The summed E-state index contributed by atoms with van der Waals surface area (Å²) in [6.45, 7) is -0.359. The lowest BCUT2D eigenvalue weighted by molar-refractivity contribution is -0.514. The fraction of sp³-hybridized carbons (Fsp3) is 0.348. The molecule has 40 heavy (non-hydrogen) atoms. The zero-order chi connectivity index (χ0) is 29.9. The fourth-order valence-corrected chi connectivity index (χ4v) is 3.73. The third-order valence-corrected chi connectivity index (χ3v) is 5.69. The first-order valence-electron chi connectivity index (χ1n) is 11.3. The molecule has 1 unspecified atom stereocenters. The monoisotopic (exact) mass is 582 g/mol. The van der Waals surface area contributed by atoms with Crippen LogP contribution in [0.5, 0.6) is 0 Å². The molecule has 1 aliphatic rings. The number of carboxylic acid groups (broad SMARTS) is 1. The van der Waals surface area contributed by atoms with E-state index in [0.717, 1.165) is 0 Å². The number of aliphatic carboxylic acids is 1. The van der Waals surface area contributed by atoms with Gasteiger partial charge < -0.3 is 20.1 Å². The minimum atomic E-state index is -5.19. The van der Waals surface area contributed by atoms with Gasteiger partial charge in [-0.3, -0.25) is 9.59 Å². The van der Waals surface area contributed by atoms with Gasteiger partial charge in [-0.1, -0.05) is 12.1 Å². The van der Waals surface area contributed by atoms with Gasteiger partial charge in [-0.25, -0.2) is 18.7 Å². The molecule has 17 heteroatoms. The highest BCUT2D eigenvalue weighted by atomic mass is 19.4. The molecule has 3 N–H and O–H groups in total. The molecule has 9 nitrogen and oxygen atoms in total. The molecule has 2 amide bonds. The van der Waals surface area contributed by atoms with Crippen LogP contribution in [0.1, 0.15) is 45.7 Å². The molecule has 0 bridgehead atoms. The van der Waals surface area contributed by atoms with E-state index in [1.165, 1.54) is 46.0 Å². The van der Waals surface area contributed by atoms with Crippen molar-refractivity contribution in [3.05, 3.63) is 66.0 Å². The molecule has 0 saturated carbocycles. The summed E-state index contributed by atoms with van der Waals surface area (Å²) >= 11 is 0. The van der Waals surface area contributed by atoms with Crippen LogP contribution in [0.3, 0.4) is 0 Å². The first-order valence-corrected chi connectivity index (χ1v) is 11.3. The van der Waals surface area contributed by atoms with Crippen molar-refractivity contribution in [3.8, 4) is 0 Å². The number of carbonyl (C=O) groups excluding carboxylic acids is 3. The van der Waals surface area contributed by atoms with Crippen molar-refractivity contribution in [2.24, 2.45) is 0 Å². The number of likely N-dealkylation sites (tertiary alicyclic amines) is 1. The van der Waals surface area contributed by atoms with Crippen LogP contribution >= 0.6 is 0 Å². The molecule has 1 atom stereocenters. The van der Waals surface area contributed by atoms with Crippen LogP contribution in [-0.2, 0) is 4.79 Å². The number of aromatic nitrogens is 3. The van der Waals surface area contributed by atoms with E-state index >= 15 is 0 Å². The second-order valence-corrected chi connectivity index (χ2v) is 8.50. The molecule has 1 saturated heterocycles. The smallest absolute Gasteiger partial charge is 0.430 e. The lowest BCUT2D eigenvalue weighted by Gasteiger charge is -2.30. The number of imidazole rings is 1. The number of fused-ring (bicyclic) bond motifs is 1. The molecule has 0 spiro atoms. The van der Waals surface area contributed by atoms with Gasteiger partial charge in [-0.05, 0) is 12.1 Å². The maximum Gasteiger partial charge on any atom is 0.430 e. The zero-order valence-electron chi connectivity index (χ0n) is 20.1. The SMILES string of the molecule is O=C(NC(c1cccc[nH+]1)C(F)(F)F)c1[nH]c(C(=O)N2CCC(F)(F)CC2)[n+]2ccccc12.O=C([O-])C(F)(F)F. The number of nitrogens with one attached hydrogen (secondary N) is 3. The van der Waals surface area contributed by atoms with Crippen molar-refractivity contribution in [2.45, 2.75) is 37.2 Å². The van der Waals surface area contributed by atoms with E-state index in [9.17, 15) is 44.7 Å². The number of piperidine rings is 1. The summed E-state index contributed by atoms with van der Waals surface area (Å²) in [5, 5.41) is 10.7. The Morgan fingerprint density at radius 1 is 1.02 bits per heavy atom. The summed E-state index contributed by atoms with van der Waals surface area (Å²) in [7, 11) is 0. The van der Waals surface area contributed by atoms with Crippen LogP contribution in [0.25, 0.3) is 5.52 Å². The number of aromatic amines is 2. The third kappa shape index (κ3) is 7.20. The van der Waals surface area contributed by atoms with Gasteiger partial charge in [0, 0.05) is 38.1 Å². The largest absolute Gasteiger partial charge is 0.542 e. The number of halogens is 8. The molecule has 1 aliphatic heterocycles. The normalized spacial score (nSPS) is 16.1. The zero-order valence-corrected chi connectivity index (χ0v) is 20.1. The van der Waals surface area contributed by atoms with E-state index in [0.29, 0.717) is 0 Å². The number of H-pyrrole nitrogens is 2. The predicted molar refractivity (Wildman–Crippen MR) is 114 cm³/mol. The molecule has 3 aromatic heterocycles. The molecule has 4 heterocycles. The lowest BCUT2D eigenvalue weighted by atomic mass is 10.1. The number of carboxylic acids is 1. The van der Waals surface area contributed by atoms with Crippen LogP contribution in [0.2, 0.25) is 0 Å². The Morgan fingerprint density at radius 2 is 1.62 bits per heavy atom. The Kier molecular flexibility index (Phi) is 8.64. The predicted octanol–water partition coefficient (Wildman–Crippen LogP) is 1.77. The molecule has 216 valence electrons. The topological polar surface area (TPSA) is 124 Å². The van der Waals surface area contributed by atoms with Crippen molar-refractivity contribution >= 4 is 23.3 Å². The van der Waals surface area contributed by atoms with Crippen LogP contribution in [0.15, 0.2) is 48.8 Å². The summed E-state index contributed by atoms with van der Waals surface area (Å²) < 4.78 is 101. The van der Waals surface area contributed by atoms with Gasteiger partial charge in [-0.15, -0.1) is 0 Å². The Labute approximate surface area is 219 Å². The van der Waals surface area contributed by atoms with Crippen LogP contribution in [0.4, 0.5) is 35.1 Å². The second kappa shape index (κ2) is 11.4. The van der Waals surface area contributed by atoms with Crippen LogP contribution in [-0.4, -0.2) is 59.0 Å². The van der Waals surface area contributed by atoms with Gasteiger partial charge in [0.2, 0.25) is 17.4 Å². The van der Waals surface area contributed by atoms with E-state index in [-0.39, 0.29) is 35.8 Å². The highest BCUT2D eigenvalue weighted by molar-refractivity contribution is 6.00. The molecule has 4 rings (SSSR count). The van der Waals surface area contributed by atoms with E-state index < -0.39 is 54.9 Å². The molecule has 0 radical (unpaired) electrons. The Hall–Kier alpha value is -4.31. The highest BCUT2D eigenvalue weighted by Crippen LogP contribution is 2.31. The van der Waals surface area contributed by atoms with E-state index in [2.05, 4.69) is 9.97 Å². The summed E-state index contributed by atoms with van der Waals surface area (Å²) in [5.74, 6) is -7.69. The Morgan fingerprint density at radius 3 is 2.15 bits per heavy atom. The van der Waals surface area contributed by atoms with Crippen LogP contribution < -0.4 is 19.8 Å². The fourth-order valence-electron chi connectivity index (χ4n) is 3.73. The molecule has 3 aromatic rings. The maximum atomic E-state index is 13.7. The number of amides is 2. The standard InChI is InChI=1S/C21H18F5N5O2.C2HF3O2/c22-20(23)7-11-30(12-8-20)19(33)17-28-15(14-6-2-4-10-31(14)17)18(32)29-16(21(24,25)26)13-5-1-3-9-27-13;3-2(4,5)1(6)7/h1-6,9-10,16H,7-8,11-12H2,(H,29,32);(H,6,7)/p+1. The number of alkyl halides is 8. The molecule has 1 fully saturated rings. The minimum Gasteiger partial charge on any atom is -0.542 e. The van der Waals surface area contributed by atoms with Gasteiger partial charge in [0.15, 0.2) is 11.7 Å². The van der Waals surface area contributed by atoms with Crippen molar-refractivity contribution in [3.63, 3.8) is 0 Å². The first-order chi connectivity index (χ1) is 18.5. The number of nitrogens with zero attached hydrogens (tertiary/aromatic N) is 2. The quantitative estimate of drug-likeness (QED) is 0.360. The summed E-state index contributed by atoms with van der Waals surface area (Å²) in [5.41, 5.74) is -0.363. The van der Waals surface area contributed by atoms with E-state index in [1.54, 1.807) is 12.1 Å². The Balaban J connectivity index is 0.000000559. The maximum absolute atomic E-state index is 13.7. The lowest BCUT2D eigenvalue weighted by Crippen LogP contribution is -2.45. The Bertz CT molecular complexity index is 1370. The van der Waals surface area contributed by atoms with Crippen molar-refractivity contribution in [1.82, 2.24) is 15.2 Å². The highest BCUT2D eigenvalue weighted by Gasteiger charge is 2.47. The van der Waals surface area contributed by atoms with Crippen molar-refractivity contribution in [1.29, 1.82) is 0 Å². The molecular weight excluding hydrogens is 562 g/mol. The second-order valence-electron chi connectivity index (χ2n) is 8.50. The van der Waals surface area contributed by atoms with Gasteiger partial charge in [0.1, 0.15) is 5.97 Å². The molecular formula is C23H20F8N5O4+. The van der Waals surface area contributed by atoms with Crippen molar-refractivity contribution in [2.75, 3.05) is 13.1 Å². The van der Waals surface area contributed by atoms with Gasteiger partial charge in [-0.2, -0.15) is 30.7 Å². The number of pyridine rings is 2. The average Bonchev–Trinajstić information content (AvgIpc) is 3.26. The van der Waals surface area contributed by atoms with Crippen LogP contribution in [0, 0.1) is 0 Å². The summed E-state index contributed by atoms with van der Waals surface area (Å²) in [6, 6.07) is 6.37. The first kappa shape index (κ1) is 30.2. The molecule has 0 aliphatic carbocycles. The number of hydrogen-bond donors (Lipinski definition) is 2. The minimum absolute atomic E-state index is 0.115. The van der Waals surface area contributed by atoms with E-state index in [1.807, 2.05) is 5.32 Å². The van der Waals surface area contributed by atoms with Gasteiger partial charge in [0.25, 0.3) is 11.8 Å². The number of carbonyl (C=O) groups is 3. The average molecular weight is 582 g/mol. The summed E-state index contributed by atoms with van der Waals surface area (Å²) in [4.78, 5) is 41.0. The summed E-state index contributed by atoms with van der Waals surface area (Å²) in [6.07, 6.45) is -8.20. The van der Waals surface area contributed by atoms with E-state index in [4.69, 9.17) is 9.90 Å². The van der Waals surface area contributed by atoms with Gasteiger partial charge >= 0.3 is 24.1 Å². The third-order valence-electron chi connectivity index (χ3n) is 5.69. The van der Waals surface area contributed by atoms with Gasteiger partial charge in [0.05, 0.1) is 6.20 Å².